The smallest absolute Gasteiger partial charge is 0.340 e. The second kappa shape index (κ2) is 9.82. The minimum Gasteiger partial charge on any atom is -0.452 e. The Morgan fingerprint density at radius 3 is 2.42 bits per heavy atom. The summed E-state index contributed by atoms with van der Waals surface area (Å²) in [4.78, 5) is 41.1. The van der Waals surface area contributed by atoms with E-state index in [9.17, 15) is 14.4 Å². The van der Waals surface area contributed by atoms with Gasteiger partial charge in [-0.1, -0.05) is 18.2 Å². The van der Waals surface area contributed by atoms with Gasteiger partial charge in [0.15, 0.2) is 6.61 Å². The standard InChI is InChI=1S/C23H23N3O5/c1-14-17-6-4-5-7-18(17)26-19(12-30-3)21(14)23(29)31-13-20(27)25-16-10-8-15(9-11-16)22(28)24-2/h4-11H,12-13H2,1-3H3,(H,24,28)(H,25,27). The van der Waals surface area contributed by atoms with Crippen LogP contribution in [0.15, 0.2) is 48.5 Å². The van der Waals surface area contributed by atoms with Gasteiger partial charge in [0.1, 0.15) is 0 Å². The van der Waals surface area contributed by atoms with Crippen molar-refractivity contribution >= 4 is 34.4 Å². The second-order valence-corrected chi connectivity index (χ2v) is 6.79. The number of carbonyl (C=O) groups is 3. The first-order valence-electron chi connectivity index (χ1n) is 9.61. The number of anilines is 1. The third-order valence-corrected chi connectivity index (χ3v) is 4.70. The maximum Gasteiger partial charge on any atom is 0.340 e. The largest absolute Gasteiger partial charge is 0.452 e. The molecule has 0 radical (unpaired) electrons. The first kappa shape index (κ1) is 21.9. The molecule has 3 aromatic rings. The van der Waals surface area contributed by atoms with Gasteiger partial charge in [0.2, 0.25) is 0 Å². The summed E-state index contributed by atoms with van der Waals surface area (Å²) in [5.74, 6) is -1.37. The monoisotopic (exact) mass is 421 g/mol. The molecule has 2 aromatic carbocycles. The van der Waals surface area contributed by atoms with Gasteiger partial charge in [-0.15, -0.1) is 0 Å². The maximum absolute atomic E-state index is 12.8. The molecule has 0 aliphatic heterocycles. The highest BCUT2D eigenvalue weighted by molar-refractivity contribution is 6.00. The van der Waals surface area contributed by atoms with Crippen LogP contribution in [0, 0.1) is 6.92 Å². The van der Waals surface area contributed by atoms with Gasteiger partial charge in [-0.2, -0.15) is 0 Å². The number of methoxy groups -OCH3 is 1. The number of hydrogen-bond donors (Lipinski definition) is 2. The molecule has 0 aliphatic carbocycles. The van der Waals surface area contributed by atoms with Crippen molar-refractivity contribution in [1.82, 2.24) is 10.3 Å². The number of nitrogens with one attached hydrogen (secondary N) is 2. The van der Waals surface area contributed by atoms with Gasteiger partial charge in [-0.3, -0.25) is 9.59 Å². The van der Waals surface area contributed by atoms with Crippen molar-refractivity contribution in [3.63, 3.8) is 0 Å². The molecule has 2 N–H and O–H groups in total. The number of ether oxygens (including phenoxy) is 2. The summed E-state index contributed by atoms with van der Waals surface area (Å²) in [5.41, 5.74) is 3.17. The summed E-state index contributed by atoms with van der Waals surface area (Å²) < 4.78 is 10.4. The van der Waals surface area contributed by atoms with E-state index in [0.717, 1.165) is 10.9 Å². The van der Waals surface area contributed by atoms with Gasteiger partial charge in [0.05, 0.1) is 23.4 Å². The molecular formula is C23H23N3O5. The number of aromatic nitrogens is 1. The fraction of sp³-hybridized carbons (Fsp3) is 0.217. The molecule has 0 unspecified atom stereocenters. The van der Waals surface area contributed by atoms with E-state index in [0.29, 0.717) is 28.1 Å². The van der Waals surface area contributed by atoms with Gasteiger partial charge < -0.3 is 20.1 Å². The van der Waals surface area contributed by atoms with Crippen molar-refractivity contribution in [1.29, 1.82) is 0 Å². The molecule has 0 aliphatic rings. The zero-order chi connectivity index (χ0) is 22.4. The Balaban J connectivity index is 1.71. The van der Waals surface area contributed by atoms with Crippen LogP contribution < -0.4 is 10.6 Å². The van der Waals surface area contributed by atoms with Crippen LogP contribution in [0.2, 0.25) is 0 Å². The maximum atomic E-state index is 12.8. The summed E-state index contributed by atoms with van der Waals surface area (Å²) in [6, 6.07) is 13.8. The summed E-state index contributed by atoms with van der Waals surface area (Å²) in [6.07, 6.45) is 0. The second-order valence-electron chi connectivity index (χ2n) is 6.79. The Bertz CT molecular complexity index is 1130. The highest BCUT2D eigenvalue weighted by Crippen LogP contribution is 2.24. The number of nitrogens with zero attached hydrogens (tertiary/aromatic N) is 1. The third kappa shape index (κ3) is 5.04. The van der Waals surface area contributed by atoms with Gasteiger partial charge >= 0.3 is 5.97 Å². The normalized spacial score (nSPS) is 10.5. The first-order chi connectivity index (χ1) is 14.9. The zero-order valence-electron chi connectivity index (χ0n) is 17.5. The fourth-order valence-electron chi connectivity index (χ4n) is 3.20. The summed E-state index contributed by atoms with van der Waals surface area (Å²) in [5, 5.41) is 5.98. The predicted octanol–water partition coefficient (Wildman–Crippen LogP) is 2.84. The van der Waals surface area contributed by atoms with Gasteiger partial charge in [0.25, 0.3) is 11.8 Å². The van der Waals surface area contributed by atoms with E-state index < -0.39 is 18.5 Å². The van der Waals surface area contributed by atoms with Gasteiger partial charge in [-0.25, -0.2) is 9.78 Å². The van der Waals surface area contributed by atoms with E-state index in [4.69, 9.17) is 9.47 Å². The van der Waals surface area contributed by atoms with E-state index in [1.807, 2.05) is 31.2 Å². The van der Waals surface area contributed by atoms with Crippen molar-refractivity contribution in [2.24, 2.45) is 0 Å². The van der Waals surface area contributed by atoms with Crippen LogP contribution in [0.1, 0.15) is 32.0 Å². The molecule has 0 spiro atoms. The molecule has 8 nitrogen and oxygen atoms in total. The number of pyridine rings is 1. The number of benzene rings is 2. The molecule has 31 heavy (non-hydrogen) atoms. The molecular weight excluding hydrogens is 398 g/mol. The Morgan fingerprint density at radius 1 is 1.03 bits per heavy atom. The lowest BCUT2D eigenvalue weighted by atomic mass is 10.0. The van der Waals surface area contributed by atoms with Crippen molar-refractivity contribution < 1.29 is 23.9 Å². The molecule has 1 aromatic heterocycles. The number of fused-ring (bicyclic) bond motifs is 1. The molecule has 0 fully saturated rings. The lowest BCUT2D eigenvalue weighted by Crippen LogP contribution is -2.22. The molecule has 2 amide bonds. The quantitative estimate of drug-likeness (QED) is 0.568. The Hall–Kier alpha value is -3.78. The van der Waals surface area contributed by atoms with Crippen molar-refractivity contribution in [2.45, 2.75) is 13.5 Å². The Labute approximate surface area is 179 Å². The molecule has 160 valence electrons. The van der Waals surface area contributed by atoms with Crippen LogP contribution in [0.3, 0.4) is 0 Å². The van der Waals surface area contributed by atoms with Crippen molar-refractivity contribution in [2.75, 3.05) is 26.1 Å². The Morgan fingerprint density at radius 2 is 1.74 bits per heavy atom. The third-order valence-electron chi connectivity index (χ3n) is 4.70. The number of aryl methyl sites for hydroxylation is 1. The number of para-hydroxylation sites is 1. The minimum absolute atomic E-state index is 0.139. The molecule has 3 rings (SSSR count). The zero-order valence-corrected chi connectivity index (χ0v) is 17.5. The summed E-state index contributed by atoms with van der Waals surface area (Å²) in [6.45, 7) is 1.49. The van der Waals surface area contributed by atoms with E-state index in [1.54, 1.807) is 24.3 Å². The minimum atomic E-state index is -0.645. The average molecular weight is 421 g/mol. The number of esters is 1. The van der Waals surface area contributed by atoms with Crippen LogP contribution in [-0.2, 0) is 20.9 Å². The highest BCUT2D eigenvalue weighted by atomic mass is 16.5. The number of amides is 2. The lowest BCUT2D eigenvalue weighted by molar-refractivity contribution is -0.119. The number of rotatable bonds is 7. The summed E-state index contributed by atoms with van der Waals surface area (Å²) in [7, 11) is 3.06. The molecule has 0 bridgehead atoms. The van der Waals surface area contributed by atoms with Gasteiger partial charge in [0, 0.05) is 30.8 Å². The lowest BCUT2D eigenvalue weighted by Gasteiger charge is -2.14. The first-order valence-corrected chi connectivity index (χ1v) is 9.61. The van der Waals surface area contributed by atoms with Crippen molar-refractivity contribution in [3.8, 4) is 0 Å². The van der Waals surface area contributed by atoms with Crippen LogP contribution in [0.5, 0.6) is 0 Å². The van der Waals surface area contributed by atoms with E-state index in [-0.39, 0.29) is 12.5 Å². The Kier molecular flexibility index (Phi) is 6.94. The van der Waals surface area contributed by atoms with E-state index in [2.05, 4.69) is 15.6 Å². The summed E-state index contributed by atoms with van der Waals surface area (Å²) >= 11 is 0. The molecule has 1 heterocycles. The van der Waals surface area contributed by atoms with Gasteiger partial charge in [-0.05, 0) is 42.8 Å². The number of hydrogen-bond acceptors (Lipinski definition) is 6. The fourth-order valence-corrected chi connectivity index (χ4v) is 3.20. The molecule has 0 atom stereocenters. The van der Waals surface area contributed by atoms with E-state index >= 15 is 0 Å². The topological polar surface area (TPSA) is 107 Å². The van der Waals surface area contributed by atoms with Crippen LogP contribution in [-0.4, -0.2) is 43.5 Å². The average Bonchev–Trinajstić information content (AvgIpc) is 2.78. The SMILES string of the molecule is CNC(=O)c1ccc(NC(=O)COC(=O)c2c(COC)nc3ccccc3c2C)cc1. The predicted molar refractivity (Wildman–Crippen MR) is 116 cm³/mol. The van der Waals surface area contributed by atoms with Crippen LogP contribution in [0.25, 0.3) is 10.9 Å². The molecule has 0 saturated carbocycles. The van der Waals surface area contributed by atoms with Crippen molar-refractivity contribution in [3.05, 3.63) is 70.9 Å². The van der Waals surface area contributed by atoms with Crippen LogP contribution >= 0.6 is 0 Å². The highest BCUT2D eigenvalue weighted by Gasteiger charge is 2.21. The number of carbonyl (C=O) groups excluding carboxylic acids is 3. The van der Waals surface area contributed by atoms with Crippen LogP contribution in [0.4, 0.5) is 5.69 Å². The molecule has 0 saturated heterocycles. The van der Waals surface area contributed by atoms with E-state index in [1.165, 1.54) is 14.2 Å². The molecule has 8 heteroatoms.